The number of likely N-dealkylation sites (tertiary alicyclic amines) is 1. The highest BCUT2D eigenvalue weighted by molar-refractivity contribution is 4.81. The van der Waals surface area contributed by atoms with Crippen molar-refractivity contribution in [3.63, 3.8) is 0 Å². The fourth-order valence-electron chi connectivity index (χ4n) is 2.59. The third-order valence-corrected chi connectivity index (χ3v) is 3.77. The van der Waals surface area contributed by atoms with Crippen molar-refractivity contribution >= 4 is 0 Å². The van der Waals surface area contributed by atoms with E-state index in [9.17, 15) is 0 Å². The van der Waals surface area contributed by atoms with Gasteiger partial charge in [0.25, 0.3) is 0 Å². The van der Waals surface area contributed by atoms with Crippen LogP contribution in [0.3, 0.4) is 0 Å². The predicted molar refractivity (Wildman–Crippen MR) is 73.1 cm³/mol. The van der Waals surface area contributed by atoms with Crippen LogP contribution in [0.15, 0.2) is 0 Å². The molecule has 1 fully saturated rings. The molecule has 0 radical (unpaired) electrons. The number of nitrogens with two attached hydrogens (primary N) is 1. The van der Waals surface area contributed by atoms with Crippen LogP contribution in [0.2, 0.25) is 0 Å². The van der Waals surface area contributed by atoms with E-state index in [0.29, 0.717) is 12.0 Å². The number of hydrogen-bond donors (Lipinski definition) is 1. The van der Waals surface area contributed by atoms with Crippen molar-refractivity contribution in [2.45, 2.75) is 46.1 Å². The summed E-state index contributed by atoms with van der Waals surface area (Å²) in [7, 11) is 0. The summed E-state index contributed by atoms with van der Waals surface area (Å²) in [5, 5.41) is 0. The van der Waals surface area contributed by atoms with Gasteiger partial charge in [0, 0.05) is 25.7 Å². The molecule has 0 aliphatic carbocycles. The molecule has 1 heterocycles. The average Bonchev–Trinajstić information content (AvgIpc) is 2.34. The summed E-state index contributed by atoms with van der Waals surface area (Å²) < 4.78 is 5.66. The Hall–Kier alpha value is -0.120. The van der Waals surface area contributed by atoms with E-state index < -0.39 is 0 Å². The summed E-state index contributed by atoms with van der Waals surface area (Å²) >= 11 is 0. The van der Waals surface area contributed by atoms with Crippen molar-refractivity contribution in [2.75, 3.05) is 32.8 Å². The lowest BCUT2D eigenvalue weighted by Crippen LogP contribution is -2.47. The van der Waals surface area contributed by atoms with Crippen LogP contribution in [0.25, 0.3) is 0 Å². The van der Waals surface area contributed by atoms with E-state index >= 15 is 0 Å². The van der Waals surface area contributed by atoms with Gasteiger partial charge in [0.1, 0.15) is 0 Å². The fraction of sp³-hybridized carbons (Fsp3) is 1.00. The van der Waals surface area contributed by atoms with Gasteiger partial charge in [-0.15, -0.1) is 0 Å². The number of piperidine rings is 1. The summed E-state index contributed by atoms with van der Waals surface area (Å²) in [6.07, 6.45) is 3.91. The maximum absolute atomic E-state index is 5.88. The molecule has 0 aromatic rings. The molecule has 2 atom stereocenters. The summed E-state index contributed by atoms with van der Waals surface area (Å²) in [4.78, 5) is 2.52. The number of ether oxygens (including phenoxy) is 1. The first-order valence-electron chi connectivity index (χ1n) is 7.19. The van der Waals surface area contributed by atoms with Gasteiger partial charge in [-0.05, 0) is 31.2 Å². The van der Waals surface area contributed by atoms with Crippen LogP contribution in [0.4, 0.5) is 0 Å². The quantitative estimate of drug-likeness (QED) is 0.695. The second-order valence-electron chi connectivity index (χ2n) is 5.69. The van der Waals surface area contributed by atoms with Gasteiger partial charge >= 0.3 is 0 Å². The number of hydrogen-bond acceptors (Lipinski definition) is 3. The zero-order valence-electron chi connectivity index (χ0n) is 11.8. The maximum Gasteiger partial charge on any atom is 0.0593 e. The molecule has 1 saturated heterocycles. The minimum absolute atomic E-state index is 0.580. The summed E-state index contributed by atoms with van der Waals surface area (Å²) in [6.45, 7) is 11.4. The summed E-state index contributed by atoms with van der Waals surface area (Å²) in [5.41, 5.74) is 5.88. The Morgan fingerprint density at radius 2 is 2.18 bits per heavy atom. The monoisotopic (exact) mass is 242 g/mol. The molecule has 102 valence electrons. The van der Waals surface area contributed by atoms with Gasteiger partial charge in [-0.3, -0.25) is 4.90 Å². The Morgan fingerprint density at radius 3 is 2.76 bits per heavy atom. The van der Waals surface area contributed by atoms with Gasteiger partial charge in [0.15, 0.2) is 0 Å². The Balaban J connectivity index is 2.22. The molecule has 0 saturated carbocycles. The van der Waals surface area contributed by atoms with Gasteiger partial charge in [-0.1, -0.05) is 27.2 Å². The lowest BCUT2D eigenvalue weighted by atomic mass is 9.89. The first-order valence-corrected chi connectivity index (χ1v) is 7.19. The topological polar surface area (TPSA) is 38.5 Å². The van der Waals surface area contributed by atoms with E-state index in [2.05, 4.69) is 25.7 Å². The van der Waals surface area contributed by atoms with E-state index in [-0.39, 0.29) is 0 Å². The van der Waals surface area contributed by atoms with Gasteiger partial charge in [0.05, 0.1) is 6.61 Å². The van der Waals surface area contributed by atoms with Gasteiger partial charge < -0.3 is 10.5 Å². The highest BCUT2D eigenvalue weighted by Crippen LogP contribution is 2.24. The Labute approximate surface area is 107 Å². The number of nitrogens with zero attached hydrogens (tertiary/aromatic N) is 1. The largest absolute Gasteiger partial charge is 0.380 e. The molecular weight excluding hydrogens is 212 g/mol. The molecule has 0 amide bonds. The first kappa shape index (κ1) is 14.9. The maximum atomic E-state index is 5.88. The number of rotatable bonds is 7. The molecule has 0 aromatic carbocycles. The van der Waals surface area contributed by atoms with E-state index in [4.69, 9.17) is 10.5 Å². The Morgan fingerprint density at radius 1 is 1.41 bits per heavy atom. The molecule has 1 aliphatic rings. The third kappa shape index (κ3) is 5.36. The molecule has 3 nitrogen and oxygen atoms in total. The molecule has 0 bridgehead atoms. The minimum atomic E-state index is 0.580. The molecule has 0 spiro atoms. The molecule has 2 N–H and O–H groups in total. The van der Waals surface area contributed by atoms with Crippen molar-refractivity contribution in [3.8, 4) is 0 Å². The van der Waals surface area contributed by atoms with E-state index in [1.807, 2.05) is 0 Å². The van der Waals surface area contributed by atoms with E-state index in [0.717, 1.165) is 32.2 Å². The zero-order chi connectivity index (χ0) is 12.7. The average molecular weight is 242 g/mol. The lowest BCUT2D eigenvalue weighted by Gasteiger charge is -2.38. The van der Waals surface area contributed by atoms with Crippen molar-refractivity contribution in [3.05, 3.63) is 0 Å². The predicted octanol–water partition coefficient (Wildman–Crippen LogP) is 2.11. The second-order valence-corrected chi connectivity index (χ2v) is 5.69. The highest BCUT2D eigenvalue weighted by Gasteiger charge is 2.25. The van der Waals surface area contributed by atoms with Crippen molar-refractivity contribution in [1.29, 1.82) is 0 Å². The van der Waals surface area contributed by atoms with Crippen LogP contribution >= 0.6 is 0 Å². The van der Waals surface area contributed by atoms with Crippen molar-refractivity contribution < 1.29 is 4.74 Å². The van der Waals surface area contributed by atoms with Crippen LogP contribution in [0.1, 0.15) is 40.0 Å². The Bertz CT molecular complexity index is 197. The van der Waals surface area contributed by atoms with Crippen LogP contribution in [-0.4, -0.2) is 43.8 Å². The van der Waals surface area contributed by atoms with Gasteiger partial charge in [0.2, 0.25) is 0 Å². The van der Waals surface area contributed by atoms with Gasteiger partial charge in [-0.2, -0.15) is 0 Å². The smallest absolute Gasteiger partial charge is 0.0593 e. The van der Waals surface area contributed by atoms with Gasteiger partial charge in [-0.25, -0.2) is 0 Å². The molecule has 2 unspecified atom stereocenters. The molecule has 1 aliphatic heterocycles. The molecule has 17 heavy (non-hydrogen) atoms. The van der Waals surface area contributed by atoms with Crippen LogP contribution < -0.4 is 5.73 Å². The highest BCUT2D eigenvalue weighted by atomic mass is 16.5. The summed E-state index contributed by atoms with van der Waals surface area (Å²) in [5.74, 6) is 1.52. The lowest BCUT2D eigenvalue weighted by molar-refractivity contribution is 0.0504. The Kier molecular flexibility index (Phi) is 7.09. The zero-order valence-corrected chi connectivity index (χ0v) is 11.8. The normalized spacial score (nSPS) is 26.6. The molecule has 0 aromatic heterocycles. The van der Waals surface area contributed by atoms with Crippen molar-refractivity contribution in [1.82, 2.24) is 4.90 Å². The summed E-state index contributed by atoms with van der Waals surface area (Å²) in [6, 6.07) is 0.580. The fourth-order valence-corrected chi connectivity index (χ4v) is 2.59. The SMILES string of the molecule is CCC1CCN(CCOCC(C)C)C(CN)C1. The standard InChI is InChI=1S/C14H30N2O/c1-4-13-5-6-16(14(9-13)10-15)7-8-17-11-12(2)3/h12-14H,4-11,15H2,1-3H3. The second kappa shape index (κ2) is 8.06. The minimum Gasteiger partial charge on any atom is -0.380 e. The van der Waals surface area contributed by atoms with E-state index in [1.165, 1.54) is 25.8 Å². The van der Waals surface area contributed by atoms with Crippen LogP contribution in [-0.2, 0) is 4.74 Å². The first-order chi connectivity index (χ1) is 8.17. The van der Waals surface area contributed by atoms with Crippen LogP contribution in [0.5, 0.6) is 0 Å². The molecule has 3 heteroatoms. The molecule has 1 rings (SSSR count). The van der Waals surface area contributed by atoms with Crippen LogP contribution in [0, 0.1) is 11.8 Å². The third-order valence-electron chi connectivity index (χ3n) is 3.77. The van der Waals surface area contributed by atoms with E-state index in [1.54, 1.807) is 0 Å². The molecular formula is C14H30N2O. The van der Waals surface area contributed by atoms with Crippen molar-refractivity contribution in [2.24, 2.45) is 17.6 Å².